The predicted octanol–water partition coefficient (Wildman–Crippen LogP) is 5.28. The first kappa shape index (κ1) is 15.9. The Balaban J connectivity index is 1.66. The molecule has 0 aliphatic rings. The van der Waals surface area contributed by atoms with Crippen molar-refractivity contribution >= 4 is 39.5 Å². The molecular weight excluding hydrogens is 354 g/mol. The van der Waals surface area contributed by atoms with Crippen molar-refractivity contribution in [2.45, 2.75) is 6.92 Å². The second-order valence-corrected chi connectivity index (χ2v) is 7.04. The third-order valence-corrected chi connectivity index (χ3v) is 5.31. The van der Waals surface area contributed by atoms with Crippen LogP contribution in [0.5, 0.6) is 0 Å². The maximum absolute atomic E-state index is 12.6. The third kappa shape index (κ3) is 3.04. The number of carbonyl (C=O) groups is 1. The lowest BCUT2D eigenvalue weighted by Crippen LogP contribution is -2.11. The van der Waals surface area contributed by atoms with E-state index >= 15 is 0 Å². The van der Waals surface area contributed by atoms with Crippen molar-refractivity contribution in [3.8, 4) is 11.3 Å². The molecule has 0 aliphatic heterocycles. The lowest BCUT2D eigenvalue weighted by atomic mass is 10.2. The smallest absolute Gasteiger partial charge is 0.267 e. The van der Waals surface area contributed by atoms with Crippen LogP contribution in [0.25, 0.3) is 16.2 Å². The molecule has 4 rings (SSSR count). The van der Waals surface area contributed by atoms with Crippen LogP contribution in [0.3, 0.4) is 0 Å². The summed E-state index contributed by atoms with van der Waals surface area (Å²) >= 11 is 7.34. The van der Waals surface area contributed by atoms with Gasteiger partial charge in [0.05, 0.1) is 5.69 Å². The number of hydrogen-bond acceptors (Lipinski definition) is 3. The summed E-state index contributed by atoms with van der Waals surface area (Å²) in [4.78, 5) is 18.7. The zero-order valence-electron chi connectivity index (χ0n) is 13.4. The van der Waals surface area contributed by atoms with Gasteiger partial charge in [0.2, 0.25) is 0 Å². The summed E-state index contributed by atoms with van der Waals surface area (Å²) in [6, 6.07) is 17.1. The lowest BCUT2D eigenvalue weighted by molar-refractivity contribution is 0.102. The van der Waals surface area contributed by atoms with E-state index in [0.717, 1.165) is 21.9 Å². The van der Waals surface area contributed by atoms with Crippen molar-refractivity contribution in [1.29, 1.82) is 0 Å². The van der Waals surface area contributed by atoms with Gasteiger partial charge in [0.15, 0.2) is 4.96 Å². The molecule has 1 N–H and O–H groups in total. The number of benzene rings is 2. The quantitative estimate of drug-likeness (QED) is 0.535. The van der Waals surface area contributed by atoms with Crippen LogP contribution in [0.1, 0.15) is 15.4 Å². The number of amides is 1. The van der Waals surface area contributed by atoms with Gasteiger partial charge in [0.25, 0.3) is 5.91 Å². The first-order valence-electron chi connectivity index (χ1n) is 7.72. The third-order valence-electron chi connectivity index (χ3n) is 3.92. The first-order chi connectivity index (χ1) is 12.1. The Morgan fingerprint density at radius 3 is 2.68 bits per heavy atom. The van der Waals surface area contributed by atoms with Crippen molar-refractivity contribution in [3.05, 3.63) is 76.4 Å². The SMILES string of the molecule is Cc1c(C(=O)Nc2cccc(Cl)c2)sc2nc(-c3ccccc3)cn12. The van der Waals surface area contributed by atoms with Crippen molar-refractivity contribution in [2.24, 2.45) is 0 Å². The van der Waals surface area contributed by atoms with E-state index in [1.54, 1.807) is 18.2 Å². The van der Waals surface area contributed by atoms with E-state index in [9.17, 15) is 4.79 Å². The Kier molecular flexibility index (Phi) is 4.03. The maximum atomic E-state index is 12.6. The Morgan fingerprint density at radius 2 is 1.96 bits per heavy atom. The first-order valence-corrected chi connectivity index (χ1v) is 8.92. The molecule has 1 amide bonds. The number of thiazole rings is 1. The molecule has 6 heteroatoms. The maximum Gasteiger partial charge on any atom is 0.267 e. The summed E-state index contributed by atoms with van der Waals surface area (Å²) in [5, 5.41) is 3.47. The number of nitrogens with zero attached hydrogens (tertiary/aromatic N) is 2. The summed E-state index contributed by atoms with van der Waals surface area (Å²) in [5.74, 6) is -0.156. The van der Waals surface area contributed by atoms with Gasteiger partial charge in [-0.2, -0.15) is 0 Å². The fraction of sp³-hybridized carbons (Fsp3) is 0.0526. The van der Waals surface area contributed by atoms with Crippen LogP contribution >= 0.6 is 22.9 Å². The highest BCUT2D eigenvalue weighted by Gasteiger charge is 2.18. The second kappa shape index (κ2) is 6.35. The molecule has 25 heavy (non-hydrogen) atoms. The minimum Gasteiger partial charge on any atom is -0.321 e. The number of fused-ring (bicyclic) bond motifs is 1. The average Bonchev–Trinajstić information content (AvgIpc) is 3.15. The van der Waals surface area contributed by atoms with Crippen LogP contribution < -0.4 is 5.32 Å². The average molecular weight is 368 g/mol. The highest BCUT2D eigenvalue weighted by Crippen LogP contribution is 2.28. The van der Waals surface area contributed by atoms with Gasteiger partial charge in [-0.15, -0.1) is 0 Å². The largest absolute Gasteiger partial charge is 0.321 e. The molecule has 0 fully saturated rings. The number of halogens is 1. The number of imidazole rings is 1. The topological polar surface area (TPSA) is 46.4 Å². The summed E-state index contributed by atoms with van der Waals surface area (Å²) in [6.07, 6.45) is 1.96. The van der Waals surface area contributed by atoms with Gasteiger partial charge in [-0.25, -0.2) is 4.98 Å². The number of aryl methyl sites for hydroxylation is 1. The van der Waals surface area contributed by atoms with E-state index in [2.05, 4.69) is 10.3 Å². The fourth-order valence-electron chi connectivity index (χ4n) is 2.66. The number of rotatable bonds is 3. The summed E-state index contributed by atoms with van der Waals surface area (Å²) in [6.45, 7) is 1.92. The lowest BCUT2D eigenvalue weighted by Gasteiger charge is -2.04. The van der Waals surface area contributed by atoms with Crippen molar-refractivity contribution < 1.29 is 4.79 Å². The Morgan fingerprint density at radius 1 is 1.16 bits per heavy atom. The van der Waals surface area contributed by atoms with Gasteiger partial charge >= 0.3 is 0 Å². The monoisotopic (exact) mass is 367 g/mol. The van der Waals surface area contributed by atoms with Crippen LogP contribution in [0.15, 0.2) is 60.8 Å². The van der Waals surface area contributed by atoms with Gasteiger partial charge in [-0.1, -0.05) is 59.3 Å². The fourth-order valence-corrected chi connectivity index (χ4v) is 3.86. The molecule has 0 saturated carbocycles. The van der Waals surface area contributed by atoms with E-state index in [1.165, 1.54) is 11.3 Å². The molecule has 2 heterocycles. The van der Waals surface area contributed by atoms with Gasteiger partial charge in [-0.05, 0) is 25.1 Å². The van der Waals surface area contributed by atoms with E-state index in [1.807, 2.05) is 53.9 Å². The van der Waals surface area contributed by atoms with E-state index in [0.29, 0.717) is 15.6 Å². The molecule has 0 bridgehead atoms. The van der Waals surface area contributed by atoms with E-state index in [4.69, 9.17) is 11.6 Å². The zero-order chi connectivity index (χ0) is 17.4. The number of nitrogens with one attached hydrogen (secondary N) is 1. The molecule has 0 spiro atoms. The van der Waals surface area contributed by atoms with Crippen molar-refractivity contribution in [3.63, 3.8) is 0 Å². The molecule has 0 unspecified atom stereocenters. The second-order valence-electron chi connectivity index (χ2n) is 5.63. The van der Waals surface area contributed by atoms with Gasteiger partial charge in [0, 0.05) is 28.2 Å². The zero-order valence-corrected chi connectivity index (χ0v) is 14.9. The molecule has 0 saturated heterocycles. The van der Waals surface area contributed by atoms with Crippen LogP contribution in [0.2, 0.25) is 5.02 Å². The molecule has 4 nitrogen and oxygen atoms in total. The van der Waals surface area contributed by atoms with Crippen LogP contribution in [0, 0.1) is 6.92 Å². The van der Waals surface area contributed by atoms with Gasteiger partial charge in [-0.3, -0.25) is 9.20 Å². The predicted molar refractivity (Wildman–Crippen MR) is 103 cm³/mol. The Labute approximate surface area is 153 Å². The molecule has 4 aromatic rings. The van der Waals surface area contributed by atoms with Crippen LogP contribution in [0.4, 0.5) is 5.69 Å². The minimum atomic E-state index is -0.156. The molecule has 0 radical (unpaired) electrons. The molecule has 124 valence electrons. The number of aromatic nitrogens is 2. The summed E-state index contributed by atoms with van der Waals surface area (Å²) < 4.78 is 1.96. The number of hydrogen-bond donors (Lipinski definition) is 1. The van der Waals surface area contributed by atoms with Gasteiger partial charge in [0.1, 0.15) is 4.88 Å². The van der Waals surface area contributed by atoms with E-state index in [-0.39, 0.29) is 5.91 Å². The molecular formula is C19H14ClN3OS. The molecule has 2 aromatic heterocycles. The number of anilines is 1. The Bertz CT molecular complexity index is 1070. The molecule has 2 aromatic carbocycles. The molecule has 0 aliphatic carbocycles. The summed E-state index contributed by atoms with van der Waals surface area (Å²) in [7, 11) is 0. The minimum absolute atomic E-state index is 0.156. The highest BCUT2D eigenvalue weighted by molar-refractivity contribution is 7.19. The standard InChI is InChI=1S/C19H14ClN3OS/c1-12-17(18(24)21-15-9-5-8-14(20)10-15)25-19-22-16(11-23(12)19)13-6-3-2-4-7-13/h2-11H,1H3,(H,21,24). The number of carbonyl (C=O) groups excluding carboxylic acids is 1. The summed E-state index contributed by atoms with van der Waals surface area (Å²) in [5.41, 5.74) is 3.50. The van der Waals surface area contributed by atoms with Crippen LogP contribution in [-0.4, -0.2) is 15.3 Å². The van der Waals surface area contributed by atoms with Crippen molar-refractivity contribution in [2.75, 3.05) is 5.32 Å². The van der Waals surface area contributed by atoms with E-state index < -0.39 is 0 Å². The van der Waals surface area contributed by atoms with Crippen molar-refractivity contribution in [1.82, 2.24) is 9.38 Å². The van der Waals surface area contributed by atoms with Crippen LogP contribution in [-0.2, 0) is 0 Å². The highest BCUT2D eigenvalue weighted by atomic mass is 35.5. The normalized spacial score (nSPS) is 11.0. The van der Waals surface area contributed by atoms with Gasteiger partial charge < -0.3 is 5.32 Å². The molecule has 0 atom stereocenters. The Hall–Kier alpha value is -2.63.